The molecule has 2 aromatic rings. The molecule has 1 aliphatic rings. The van der Waals surface area contributed by atoms with E-state index in [4.69, 9.17) is 9.47 Å². The monoisotopic (exact) mass is 325 g/mol. The van der Waals surface area contributed by atoms with E-state index in [9.17, 15) is 4.79 Å². The Balaban J connectivity index is 1.72. The zero-order valence-electron chi connectivity index (χ0n) is 14.4. The molecule has 0 unspecified atom stereocenters. The van der Waals surface area contributed by atoms with E-state index in [0.717, 1.165) is 29.9 Å². The van der Waals surface area contributed by atoms with Crippen molar-refractivity contribution >= 4 is 5.91 Å². The highest BCUT2D eigenvalue weighted by Gasteiger charge is 2.44. The maximum Gasteiger partial charge on any atom is 0.251 e. The van der Waals surface area contributed by atoms with Crippen molar-refractivity contribution in [2.45, 2.75) is 25.2 Å². The number of aryl methyl sites for hydroxylation is 1. The summed E-state index contributed by atoms with van der Waals surface area (Å²) in [6, 6.07) is 13.7. The fourth-order valence-electron chi connectivity index (χ4n) is 3.02. The molecule has 0 atom stereocenters. The average Bonchev–Trinajstić information content (AvgIpc) is 3.40. The maximum atomic E-state index is 12.4. The van der Waals surface area contributed by atoms with Crippen LogP contribution in [0.25, 0.3) is 0 Å². The number of rotatable bonds is 6. The highest BCUT2D eigenvalue weighted by molar-refractivity contribution is 5.94. The van der Waals surface area contributed by atoms with Crippen molar-refractivity contribution < 1.29 is 14.3 Å². The third kappa shape index (κ3) is 3.23. The number of amides is 1. The second kappa shape index (κ2) is 6.56. The van der Waals surface area contributed by atoms with Crippen LogP contribution in [0, 0.1) is 6.92 Å². The maximum absolute atomic E-state index is 12.4. The first-order valence-electron chi connectivity index (χ1n) is 8.15. The third-order valence-electron chi connectivity index (χ3n) is 4.72. The molecule has 1 N–H and O–H groups in total. The van der Waals surface area contributed by atoms with Crippen LogP contribution < -0.4 is 14.8 Å². The number of nitrogens with one attached hydrogen (secondary N) is 1. The molecule has 3 rings (SSSR count). The van der Waals surface area contributed by atoms with Gasteiger partial charge in [0.1, 0.15) is 0 Å². The normalized spacial score (nSPS) is 14.8. The van der Waals surface area contributed by atoms with Crippen LogP contribution >= 0.6 is 0 Å². The minimum absolute atomic E-state index is 0.0129. The van der Waals surface area contributed by atoms with Gasteiger partial charge >= 0.3 is 0 Å². The summed E-state index contributed by atoms with van der Waals surface area (Å²) in [5, 5.41) is 3.08. The molecule has 0 aromatic heterocycles. The Morgan fingerprint density at radius 1 is 1.08 bits per heavy atom. The number of carbonyl (C=O) groups excluding carboxylic acids is 1. The molecule has 0 aliphatic heterocycles. The molecule has 0 saturated heterocycles. The van der Waals surface area contributed by atoms with E-state index < -0.39 is 0 Å². The molecule has 1 saturated carbocycles. The molecule has 1 amide bonds. The number of methoxy groups -OCH3 is 2. The van der Waals surface area contributed by atoms with Crippen LogP contribution in [0.3, 0.4) is 0 Å². The van der Waals surface area contributed by atoms with Crippen molar-refractivity contribution in [3.63, 3.8) is 0 Å². The lowest BCUT2D eigenvalue weighted by Gasteiger charge is -2.18. The van der Waals surface area contributed by atoms with Crippen molar-refractivity contribution in [1.29, 1.82) is 0 Å². The summed E-state index contributed by atoms with van der Waals surface area (Å²) < 4.78 is 10.7. The number of hydrogen-bond acceptors (Lipinski definition) is 3. The fraction of sp³-hybridized carbons (Fsp3) is 0.350. The van der Waals surface area contributed by atoms with Gasteiger partial charge in [-0.05, 0) is 49.6 Å². The summed E-state index contributed by atoms with van der Waals surface area (Å²) in [4.78, 5) is 12.4. The number of hydrogen-bond donors (Lipinski definition) is 1. The van der Waals surface area contributed by atoms with Gasteiger partial charge in [-0.25, -0.2) is 0 Å². The van der Waals surface area contributed by atoms with Crippen molar-refractivity contribution in [2.75, 3.05) is 20.8 Å². The third-order valence-corrected chi connectivity index (χ3v) is 4.72. The molecule has 0 spiro atoms. The standard InChI is InChI=1S/C20H23NO3/c1-14-5-4-6-15(11-14)19(22)21-13-20(9-10-20)16-7-8-17(23-2)18(12-16)24-3/h4-8,11-12H,9-10,13H2,1-3H3,(H,21,22). The quantitative estimate of drug-likeness (QED) is 0.884. The van der Waals surface area contributed by atoms with Gasteiger partial charge in [-0.2, -0.15) is 0 Å². The molecular weight excluding hydrogens is 302 g/mol. The first kappa shape index (κ1) is 16.4. The first-order valence-corrected chi connectivity index (χ1v) is 8.15. The van der Waals surface area contributed by atoms with E-state index in [1.165, 1.54) is 5.56 Å². The predicted molar refractivity (Wildman–Crippen MR) is 94.0 cm³/mol. The molecule has 24 heavy (non-hydrogen) atoms. The minimum atomic E-state index is -0.0227. The van der Waals surface area contributed by atoms with E-state index in [1.54, 1.807) is 14.2 Å². The van der Waals surface area contributed by atoms with Crippen molar-refractivity contribution in [3.8, 4) is 11.5 Å². The number of benzene rings is 2. The van der Waals surface area contributed by atoms with Gasteiger partial charge in [0, 0.05) is 17.5 Å². The molecule has 0 heterocycles. The van der Waals surface area contributed by atoms with E-state index in [0.29, 0.717) is 12.1 Å². The number of ether oxygens (including phenoxy) is 2. The van der Waals surface area contributed by atoms with Crippen molar-refractivity contribution in [2.24, 2.45) is 0 Å². The van der Waals surface area contributed by atoms with Crippen LogP contribution in [0.15, 0.2) is 42.5 Å². The Hall–Kier alpha value is -2.49. The van der Waals surface area contributed by atoms with Gasteiger partial charge in [0.15, 0.2) is 11.5 Å². The number of carbonyl (C=O) groups is 1. The summed E-state index contributed by atoms with van der Waals surface area (Å²) in [5.74, 6) is 1.43. The van der Waals surface area contributed by atoms with Crippen LogP contribution in [0.2, 0.25) is 0 Å². The molecule has 4 heteroatoms. The molecule has 4 nitrogen and oxygen atoms in total. The highest BCUT2D eigenvalue weighted by atomic mass is 16.5. The van der Waals surface area contributed by atoms with E-state index in [1.807, 2.05) is 43.3 Å². The summed E-state index contributed by atoms with van der Waals surface area (Å²) in [6.45, 7) is 2.62. The molecule has 2 aromatic carbocycles. The van der Waals surface area contributed by atoms with E-state index >= 15 is 0 Å². The second-order valence-electron chi connectivity index (χ2n) is 6.40. The average molecular weight is 325 g/mol. The van der Waals surface area contributed by atoms with Crippen LogP contribution in [-0.4, -0.2) is 26.7 Å². The molecule has 126 valence electrons. The molecule has 0 bridgehead atoms. The largest absolute Gasteiger partial charge is 0.493 e. The van der Waals surface area contributed by atoms with E-state index in [2.05, 4.69) is 11.4 Å². The highest BCUT2D eigenvalue weighted by Crippen LogP contribution is 2.49. The Morgan fingerprint density at radius 2 is 1.83 bits per heavy atom. The lowest BCUT2D eigenvalue weighted by molar-refractivity contribution is 0.0949. The topological polar surface area (TPSA) is 47.6 Å². The summed E-state index contributed by atoms with van der Waals surface area (Å²) in [5.41, 5.74) is 2.99. The van der Waals surface area contributed by atoms with Crippen molar-refractivity contribution in [3.05, 3.63) is 59.2 Å². The summed E-state index contributed by atoms with van der Waals surface area (Å²) in [7, 11) is 3.27. The van der Waals surface area contributed by atoms with Gasteiger partial charge < -0.3 is 14.8 Å². The van der Waals surface area contributed by atoms with Gasteiger partial charge in [0.25, 0.3) is 5.91 Å². The van der Waals surface area contributed by atoms with Crippen LogP contribution in [-0.2, 0) is 5.41 Å². The lowest BCUT2D eigenvalue weighted by Crippen LogP contribution is -2.32. The van der Waals surface area contributed by atoms with Crippen LogP contribution in [0.1, 0.15) is 34.3 Å². The molecular formula is C20H23NO3. The fourth-order valence-corrected chi connectivity index (χ4v) is 3.02. The Kier molecular flexibility index (Phi) is 4.47. The zero-order valence-corrected chi connectivity index (χ0v) is 14.4. The van der Waals surface area contributed by atoms with E-state index in [-0.39, 0.29) is 11.3 Å². The van der Waals surface area contributed by atoms with Crippen molar-refractivity contribution in [1.82, 2.24) is 5.32 Å². The summed E-state index contributed by atoms with van der Waals surface area (Å²) in [6.07, 6.45) is 2.13. The smallest absolute Gasteiger partial charge is 0.251 e. The van der Waals surface area contributed by atoms with Gasteiger partial charge in [-0.3, -0.25) is 4.79 Å². The van der Waals surface area contributed by atoms with Gasteiger partial charge in [0.2, 0.25) is 0 Å². The van der Waals surface area contributed by atoms with Gasteiger partial charge in [0.05, 0.1) is 14.2 Å². The van der Waals surface area contributed by atoms with Gasteiger partial charge in [-0.15, -0.1) is 0 Å². The summed E-state index contributed by atoms with van der Waals surface area (Å²) >= 11 is 0. The van der Waals surface area contributed by atoms with Crippen LogP contribution in [0.5, 0.6) is 11.5 Å². The van der Waals surface area contributed by atoms with Gasteiger partial charge in [-0.1, -0.05) is 23.8 Å². The Morgan fingerprint density at radius 3 is 2.46 bits per heavy atom. The predicted octanol–water partition coefficient (Wildman–Crippen LogP) is 3.47. The zero-order chi connectivity index (χ0) is 17.2. The van der Waals surface area contributed by atoms with Crippen LogP contribution in [0.4, 0.5) is 0 Å². The first-order chi connectivity index (χ1) is 11.6. The molecule has 1 fully saturated rings. The minimum Gasteiger partial charge on any atom is -0.493 e. The molecule has 0 radical (unpaired) electrons. The SMILES string of the molecule is COc1ccc(C2(CNC(=O)c3cccc(C)c3)CC2)cc1OC. The second-order valence-corrected chi connectivity index (χ2v) is 6.40. The lowest BCUT2D eigenvalue weighted by atomic mass is 9.95. The Labute approximate surface area is 142 Å². The molecule has 1 aliphatic carbocycles. The Bertz CT molecular complexity index is 750.